The van der Waals surface area contributed by atoms with E-state index in [2.05, 4.69) is 0 Å². The lowest BCUT2D eigenvalue weighted by molar-refractivity contribution is -0.125. The molecule has 2 aliphatic carbocycles. The number of aromatic hydroxyl groups is 2. The summed E-state index contributed by atoms with van der Waals surface area (Å²) in [4.78, 5) is 45.4. The van der Waals surface area contributed by atoms with Crippen molar-refractivity contribution in [2.75, 3.05) is 0 Å². The molecule has 2 atom stereocenters. The number of hydrogen-bond donors (Lipinski definition) is 2. The second kappa shape index (κ2) is 18.4. The van der Waals surface area contributed by atoms with Gasteiger partial charge in [0.05, 0.1) is 15.1 Å². The summed E-state index contributed by atoms with van der Waals surface area (Å²) in [7, 11) is 0. The highest BCUT2D eigenvalue weighted by Crippen LogP contribution is 2.38. The van der Waals surface area contributed by atoms with Crippen LogP contribution in [0.5, 0.6) is 11.5 Å². The molecule has 0 amide bonds. The number of phenols is 2. The number of rotatable bonds is 0. The molecule has 11 heteroatoms. The summed E-state index contributed by atoms with van der Waals surface area (Å²) in [6, 6.07) is 1.78. The zero-order chi connectivity index (χ0) is 37.0. The van der Waals surface area contributed by atoms with E-state index >= 15 is 0 Å². The van der Waals surface area contributed by atoms with Gasteiger partial charge in [-0.1, -0.05) is 60.8 Å². The van der Waals surface area contributed by atoms with Gasteiger partial charge < -0.3 is 10.2 Å². The molecular weight excluding hydrogens is 718 g/mol. The fraction of sp³-hybridized carbons (Fsp3) is 0.405. The lowest BCUT2D eigenvalue weighted by atomic mass is 9.84. The molecule has 2 aliphatic rings. The highest BCUT2D eigenvalue weighted by atomic mass is 35.5. The van der Waals surface area contributed by atoms with Crippen molar-refractivity contribution in [1.29, 1.82) is 0 Å². The number of alkyl halides is 1. The zero-order valence-corrected chi connectivity index (χ0v) is 32.4. The molecular formula is C37H45Cl5O6. The van der Waals surface area contributed by atoms with Crippen LogP contribution in [0, 0.1) is 47.5 Å². The molecule has 0 fully saturated rings. The first-order valence-corrected chi connectivity index (χ1v) is 16.5. The van der Waals surface area contributed by atoms with Crippen LogP contribution in [0.4, 0.5) is 0 Å². The minimum absolute atomic E-state index is 0. The monoisotopic (exact) mass is 760 g/mol. The van der Waals surface area contributed by atoms with E-state index in [-0.39, 0.29) is 47.3 Å². The molecule has 0 heterocycles. The lowest BCUT2D eigenvalue weighted by Gasteiger charge is -2.23. The van der Waals surface area contributed by atoms with E-state index < -0.39 is 5.38 Å². The Morgan fingerprint density at radius 1 is 0.542 bits per heavy atom. The fourth-order valence-electron chi connectivity index (χ4n) is 4.41. The summed E-state index contributed by atoms with van der Waals surface area (Å²) in [5.41, 5.74) is 7.31. The quantitative estimate of drug-likeness (QED) is 0.204. The molecule has 0 bridgehead atoms. The van der Waals surface area contributed by atoms with Crippen molar-refractivity contribution in [2.24, 2.45) is 5.92 Å². The summed E-state index contributed by atoms with van der Waals surface area (Å²) in [5, 5.41) is 20.1. The van der Waals surface area contributed by atoms with Crippen LogP contribution in [0.3, 0.4) is 0 Å². The number of hydrogen-bond acceptors (Lipinski definition) is 6. The molecule has 264 valence electrons. The molecule has 6 nitrogen and oxygen atoms in total. The van der Waals surface area contributed by atoms with Crippen molar-refractivity contribution in [3.05, 3.63) is 87.4 Å². The van der Waals surface area contributed by atoms with Crippen molar-refractivity contribution < 1.29 is 29.4 Å². The zero-order valence-electron chi connectivity index (χ0n) is 28.6. The van der Waals surface area contributed by atoms with Gasteiger partial charge in [-0.2, -0.15) is 0 Å². The predicted octanol–water partition coefficient (Wildman–Crippen LogP) is 10.9. The van der Waals surface area contributed by atoms with E-state index in [1.54, 1.807) is 54.5 Å². The molecule has 0 saturated carbocycles. The van der Waals surface area contributed by atoms with Gasteiger partial charge in [0.1, 0.15) is 16.9 Å². The standard InChI is InChI=1S/C9H10Cl2O.C9H11ClO2.C9H9ClO2.C9H11ClO.CH4/c1-4-5(2)9(12)6(3)8(11)7(4)10;2*1-4-5(2)9(12)7(10)6(3)8(4)11;1-5-4-8(10)6(2)7(3)9(5)11;/h12H,1-3H3;6-7H,1-3H3;1-3H3;4,11H,1-3H3;1H4. The maximum atomic E-state index is 11.4. The molecule has 48 heavy (non-hydrogen) atoms. The molecule has 2 aromatic carbocycles. The minimum atomic E-state index is -0.666. The topological polar surface area (TPSA) is 109 Å². The highest BCUT2D eigenvalue weighted by molar-refractivity contribution is 6.49. The Kier molecular flexibility index (Phi) is 17.4. The molecule has 4 rings (SSSR count). The van der Waals surface area contributed by atoms with E-state index in [1.807, 2.05) is 34.6 Å². The smallest absolute Gasteiger partial charge is 0.200 e. The van der Waals surface area contributed by atoms with Gasteiger partial charge in [0, 0.05) is 38.8 Å². The van der Waals surface area contributed by atoms with E-state index in [0.717, 1.165) is 32.8 Å². The molecule has 0 spiro atoms. The van der Waals surface area contributed by atoms with Crippen LogP contribution in [-0.2, 0) is 19.2 Å². The number of phenolic OH excluding ortho intramolecular Hbond substituents is 2. The molecule has 2 aromatic rings. The molecule has 0 aliphatic heterocycles. The first-order valence-electron chi connectivity index (χ1n) is 14.6. The van der Waals surface area contributed by atoms with Crippen molar-refractivity contribution in [3.8, 4) is 11.5 Å². The maximum absolute atomic E-state index is 11.4. The van der Waals surface area contributed by atoms with Crippen LogP contribution >= 0.6 is 58.0 Å². The third-order valence-electron chi connectivity index (χ3n) is 8.63. The van der Waals surface area contributed by atoms with Gasteiger partial charge >= 0.3 is 0 Å². The maximum Gasteiger partial charge on any atom is 0.200 e. The van der Waals surface area contributed by atoms with E-state index in [9.17, 15) is 29.4 Å². The number of carbonyl (C=O) groups is 4. The summed E-state index contributed by atoms with van der Waals surface area (Å²) >= 11 is 29.1. The first-order chi connectivity index (χ1) is 21.4. The van der Waals surface area contributed by atoms with Gasteiger partial charge in [0.25, 0.3) is 0 Å². The third-order valence-corrected chi connectivity index (χ3v) is 11.1. The number of Topliss-reactive ketones (excluding diaryl/α,β-unsaturated/α-hetero) is 4. The van der Waals surface area contributed by atoms with Crippen molar-refractivity contribution in [2.45, 2.75) is 95.9 Å². The molecule has 0 saturated heterocycles. The van der Waals surface area contributed by atoms with Crippen molar-refractivity contribution >= 4 is 81.1 Å². The van der Waals surface area contributed by atoms with Crippen LogP contribution in [0.25, 0.3) is 0 Å². The Morgan fingerprint density at radius 2 is 0.958 bits per heavy atom. The van der Waals surface area contributed by atoms with Gasteiger partial charge in [-0.25, -0.2) is 0 Å². The summed E-state index contributed by atoms with van der Waals surface area (Å²) in [6.07, 6.45) is 0. The molecule has 2 N–H and O–H groups in total. The average molecular weight is 763 g/mol. The number of allylic oxidation sites excluding steroid dienone is 6. The van der Waals surface area contributed by atoms with E-state index in [1.165, 1.54) is 0 Å². The van der Waals surface area contributed by atoms with E-state index in [0.29, 0.717) is 49.2 Å². The predicted molar refractivity (Wildman–Crippen MR) is 201 cm³/mol. The molecule has 0 aromatic heterocycles. The lowest BCUT2D eigenvalue weighted by Crippen LogP contribution is -2.35. The van der Waals surface area contributed by atoms with Crippen LogP contribution < -0.4 is 0 Å². The minimum Gasteiger partial charge on any atom is -0.507 e. The van der Waals surface area contributed by atoms with Crippen molar-refractivity contribution in [1.82, 2.24) is 0 Å². The fourth-order valence-corrected chi connectivity index (χ4v) is 5.74. The first kappa shape index (κ1) is 45.4. The van der Waals surface area contributed by atoms with Gasteiger partial charge in [0.15, 0.2) is 17.3 Å². The Morgan fingerprint density at radius 3 is 1.46 bits per heavy atom. The van der Waals surface area contributed by atoms with Crippen LogP contribution in [0.15, 0.2) is 39.0 Å². The van der Waals surface area contributed by atoms with Crippen LogP contribution in [-0.4, -0.2) is 38.7 Å². The molecule has 0 radical (unpaired) electrons. The number of benzene rings is 2. The SMILES string of the molecule is C.CC1=C(C)C(=O)C(Cl)=C(C)C1=O.CC1=C(C)C(=O)C(Cl)C(C)C1=O.Cc1c(C)c(Cl)c(Cl)c(C)c1O.Cc1cc(Cl)c(C)c(C)c1O. The van der Waals surface area contributed by atoms with Gasteiger partial charge in [-0.15, -0.1) is 11.6 Å². The van der Waals surface area contributed by atoms with Crippen molar-refractivity contribution in [3.63, 3.8) is 0 Å². The normalized spacial score (nSPS) is 17.6. The number of aryl methyl sites for hydroxylation is 1. The Hall–Kier alpha value is -2.61. The third kappa shape index (κ3) is 9.76. The number of carbonyl (C=O) groups excluding carboxylic acids is 4. The van der Waals surface area contributed by atoms with Gasteiger partial charge in [0.2, 0.25) is 5.78 Å². The Balaban J connectivity index is 0.000000610. The second-order valence-electron chi connectivity index (χ2n) is 11.6. The van der Waals surface area contributed by atoms with Crippen LogP contribution in [0.2, 0.25) is 15.1 Å². The Labute approximate surface area is 309 Å². The average Bonchev–Trinajstić information content (AvgIpc) is 3.06. The number of halogens is 5. The number of ketones is 4. The summed E-state index contributed by atoms with van der Waals surface area (Å²) in [6.45, 7) is 20.8. The van der Waals surface area contributed by atoms with Gasteiger partial charge in [-0.05, 0) is 116 Å². The second-order valence-corrected chi connectivity index (χ2v) is 13.7. The largest absolute Gasteiger partial charge is 0.507 e. The highest BCUT2D eigenvalue weighted by Gasteiger charge is 2.35. The summed E-state index contributed by atoms with van der Waals surface area (Å²) < 4.78 is 0. The van der Waals surface area contributed by atoms with Crippen LogP contribution in [0.1, 0.15) is 82.3 Å². The summed E-state index contributed by atoms with van der Waals surface area (Å²) in [5.74, 6) is -0.256. The van der Waals surface area contributed by atoms with E-state index in [4.69, 9.17) is 58.0 Å². The molecule has 2 unspecified atom stereocenters. The Bertz CT molecular complexity index is 1510. The van der Waals surface area contributed by atoms with Gasteiger partial charge in [-0.3, -0.25) is 19.2 Å².